The van der Waals surface area contributed by atoms with Gasteiger partial charge in [0, 0.05) is 25.7 Å². The van der Waals surface area contributed by atoms with Gasteiger partial charge in [0.2, 0.25) is 0 Å². The van der Waals surface area contributed by atoms with Gasteiger partial charge in [0.1, 0.15) is 19.3 Å². The zero-order valence-electron chi connectivity index (χ0n) is 58.4. The third kappa shape index (κ3) is 62.2. The van der Waals surface area contributed by atoms with E-state index in [2.05, 4.69) is 41.5 Å². The molecule has 3 N–H and O–H groups in total. The number of carbonyl (C=O) groups excluding carboxylic acids is 4. The summed E-state index contributed by atoms with van der Waals surface area (Å²) in [5.41, 5.74) is 0. The minimum Gasteiger partial charge on any atom is -0.462 e. The molecule has 0 aliphatic rings. The molecule has 0 aromatic heterocycles. The van der Waals surface area contributed by atoms with E-state index in [0.717, 1.165) is 115 Å². The van der Waals surface area contributed by atoms with Crippen LogP contribution in [0, 0.1) is 11.8 Å². The molecule has 0 amide bonds. The maximum atomic E-state index is 13.0. The van der Waals surface area contributed by atoms with Crippen molar-refractivity contribution in [3.8, 4) is 0 Å². The van der Waals surface area contributed by atoms with Crippen LogP contribution in [0.15, 0.2) is 0 Å². The van der Waals surface area contributed by atoms with Gasteiger partial charge < -0.3 is 33.8 Å². The first-order valence-electron chi connectivity index (χ1n) is 37.1. The van der Waals surface area contributed by atoms with E-state index in [1.165, 1.54) is 167 Å². The van der Waals surface area contributed by atoms with Crippen LogP contribution >= 0.6 is 15.6 Å². The lowest BCUT2D eigenvalue weighted by Crippen LogP contribution is -2.30. The number of hydrogen-bond acceptors (Lipinski definition) is 15. The van der Waals surface area contributed by atoms with Crippen LogP contribution in [0.25, 0.3) is 0 Å². The molecule has 0 bridgehead atoms. The molecule has 0 heterocycles. The van der Waals surface area contributed by atoms with E-state index in [9.17, 15) is 43.2 Å². The van der Waals surface area contributed by atoms with E-state index < -0.39 is 97.5 Å². The van der Waals surface area contributed by atoms with Gasteiger partial charge >= 0.3 is 39.5 Å². The molecule has 90 heavy (non-hydrogen) atoms. The first-order valence-corrected chi connectivity index (χ1v) is 40.1. The number of unbranched alkanes of at least 4 members (excludes halogenated alkanes) is 38. The summed E-state index contributed by atoms with van der Waals surface area (Å²) in [6, 6.07) is 0. The van der Waals surface area contributed by atoms with E-state index in [0.29, 0.717) is 25.7 Å². The van der Waals surface area contributed by atoms with E-state index in [-0.39, 0.29) is 25.7 Å². The minimum absolute atomic E-state index is 0.106. The zero-order chi connectivity index (χ0) is 66.5. The molecule has 19 heteroatoms. The maximum absolute atomic E-state index is 13.0. The Kier molecular flexibility index (Phi) is 61.8. The fourth-order valence-corrected chi connectivity index (χ4v) is 12.3. The summed E-state index contributed by atoms with van der Waals surface area (Å²) in [4.78, 5) is 72.4. The van der Waals surface area contributed by atoms with Crippen molar-refractivity contribution in [3.05, 3.63) is 0 Å². The molecule has 0 saturated carbocycles. The SMILES string of the molecule is CCCCCCCCCCCCCC(=O)O[C@H](COC(=O)CCCCCCCCC)COP(=O)(O)OC[C@H](O)COP(=O)(O)OC[C@@H](COC(=O)CCCCCCCCCCCCC(C)CC)OC(=O)CCCCCCCCCCCCCCCCC(C)CC. The van der Waals surface area contributed by atoms with Crippen LogP contribution in [-0.4, -0.2) is 96.7 Å². The number of aliphatic hydroxyl groups excluding tert-OH is 1. The van der Waals surface area contributed by atoms with Crippen LogP contribution in [-0.2, 0) is 65.4 Å². The minimum atomic E-state index is -4.95. The highest BCUT2D eigenvalue weighted by Crippen LogP contribution is 2.45. The number of ether oxygens (including phenoxy) is 4. The number of phosphoric ester groups is 2. The summed E-state index contributed by atoms with van der Waals surface area (Å²) in [7, 11) is -9.90. The van der Waals surface area contributed by atoms with Crippen LogP contribution in [0.2, 0.25) is 0 Å². The van der Waals surface area contributed by atoms with E-state index in [1.807, 2.05) is 0 Å². The molecule has 7 atom stereocenters. The Morgan fingerprint density at radius 2 is 0.533 bits per heavy atom. The summed E-state index contributed by atoms with van der Waals surface area (Å²) >= 11 is 0. The van der Waals surface area contributed by atoms with Crippen molar-refractivity contribution < 1.29 is 80.2 Å². The highest BCUT2D eigenvalue weighted by Gasteiger charge is 2.30. The van der Waals surface area contributed by atoms with E-state index >= 15 is 0 Å². The molecule has 0 fully saturated rings. The van der Waals surface area contributed by atoms with E-state index in [1.54, 1.807) is 0 Å². The monoisotopic (exact) mass is 1320 g/mol. The highest BCUT2D eigenvalue weighted by molar-refractivity contribution is 7.47. The summed E-state index contributed by atoms with van der Waals surface area (Å²) in [5, 5.41) is 10.6. The smallest absolute Gasteiger partial charge is 0.462 e. The van der Waals surface area contributed by atoms with Crippen LogP contribution in [0.1, 0.15) is 363 Å². The average Bonchev–Trinajstić information content (AvgIpc) is 3.73. The molecule has 17 nitrogen and oxygen atoms in total. The number of aliphatic hydroxyl groups is 1. The zero-order valence-corrected chi connectivity index (χ0v) is 60.2. The van der Waals surface area contributed by atoms with Crippen molar-refractivity contribution in [3.63, 3.8) is 0 Å². The van der Waals surface area contributed by atoms with Gasteiger partial charge in [-0.2, -0.15) is 0 Å². The van der Waals surface area contributed by atoms with Gasteiger partial charge in [-0.3, -0.25) is 37.3 Å². The maximum Gasteiger partial charge on any atom is 0.472 e. The summed E-state index contributed by atoms with van der Waals surface area (Å²) in [6.07, 6.45) is 48.5. The first kappa shape index (κ1) is 88.1. The Morgan fingerprint density at radius 1 is 0.311 bits per heavy atom. The fourth-order valence-electron chi connectivity index (χ4n) is 10.7. The molecular formula is C71H138O17P2. The van der Waals surface area contributed by atoms with Gasteiger partial charge in [-0.1, -0.05) is 311 Å². The molecule has 0 aromatic carbocycles. The highest BCUT2D eigenvalue weighted by atomic mass is 31.2. The molecular weight excluding hydrogens is 1190 g/mol. The standard InChI is InChI=1S/C71H138O17P2/c1-7-11-13-15-17-18-23-31-37-43-49-55-70(75)87-66(59-81-68(73)53-47-41-33-16-14-12-8-2)61-85-89(77,78)83-57-65(72)58-84-90(79,80)86-62-67(60-82-69(74)54-48-42-36-30-27-26-29-35-40-46-52-64(6)10-4)88-71(76)56-50-44-38-32-25-22-20-19-21-24-28-34-39-45-51-63(5)9-3/h63-67,72H,7-62H2,1-6H3,(H,77,78)(H,79,80)/t63?,64?,65-,66+,67+/m0/s1. The van der Waals surface area contributed by atoms with Gasteiger partial charge in [-0.05, 0) is 37.5 Å². The van der Waals surface area contributed by atoms with Crippen molar-refractivity contribution in [2.75, 3.05) is 39.6 Å². The Morgan fingerprint density at radius 3 is 0.789 bits per heavy atom. The van der Waals surface area contributed by atoms with Crippen molar-refractivity contribution >= 4 is 39.5 Å². The molecule has 0 spiro atoms. The average molecular weight is 1330 g/mol. The third-order valence-electron chi connectivity index (χ3n) is 17.2. The normalized spacial score (nSPS) is 14.7. The Bertz CT molecular complexity index is 1760. The van der Waals surface area contributed by atoms with Gasteiger partial charge in [0.25, 0.3) is 0 Å². The summed E-state index contributed by atoms with van der Waals surface area (Å²) in [5.74, 6) is -0.471. The Labute approximate surface area is 549 Å². The van der Waals surface area contributed by atoms with Crippen molar-refractivity contribution in [1.82, 2.24) is 0 Å². The second kappa shape index (κ2) is 63.1. The number of phosphoric acid groups is 2. The molecule has 0 saturated heterocycles. The molecule has 0 aliphatic heterocycles. The van der Waals surface area contributed by atoms with Crippen LogP contribution in [0.5, 0.6) is 0 Å². The molecule has 0 rings (SSSR count). The lowest BCUT2D eigenvalue weighted by Gasteiger charge is -2.21. The largest absolute Gasteiger partial charge is 0.472 e. The fraction of sp³-hybridized carbons (Fsp3) is 0.944. The quantitative estimate of drug-likeness (QED) is 0.0222. The predicted molar refractivity (Wildman–Crippen MR) is 363 cm³/mol. The number of rotatable bonds is 70. The van der Waals surface area contributed by atoms with Crippen LogP contribution < -0.4 is 0 Å². The number of esters is 4. The van der Waals surface area contributed by atoms with Crippen LogP contribution in [0.3, 0.4) is 0 Å². The third-order valence-corrected chi connectivity index (χ3v) is 19.1. The lowest BCUT2D eigenvalue weighted by atomic mass is 9.99. The van der Waals surface area contributed by atoms with E-state index in [4.69, 9.17) is 37.0 Å². The molecule has 0 radical (unpaired) electrons. The first-order chi connectivity index (χ1) is 43.4. The Balaban J connectivity index is 5.20. The van der Waals surface area contributed by atoms with Crippen molar-refractivity contribution in [1.29, 1.82) is 0 Å². The molecule has 0 aliphatic carbocycles. The van der Waals surface area contributed by atoms with Gasteiger partial charge in [0.05, 0.1) is 26.4 Å². The Hall–Kier alpha value is -1.94. The summed E-state index contributed by atoms with van der Waals surface area (Å²) < 4.78 is 68.2. The summed E-state index contributed by atoms with van der Waals surface area (Å²) in [6.45, 7) is 9.60. The topological polar surface area (TPSA) is 237 Å². The molecule has 4 unspecified atom stereocenters. The van der Waals surface area contributed by atoms with Gasteiger partial charge in [0.15, 0.2) is 12.2 Å². The second-order valence-corrected chi connectivity index (χ2v) is 29.0. The van der Waals surface area contributed by atoms with Crippen molar-refractivity contribution in [2.45, 2.75) is 381 Å². The van der Waals surface area contributed by atoms with Gasteiger partial charge in [-0.15, -0.1) is 0 Å². The number of hydrogen-bond donors (Lipinski definition) is 3. The van der Waals surface area contributed by atoms with Crippen LogP contribution in [0.4, 0.5) is 0 Å². The molecule has 0 aromatic rings. The van der Waals surface area contributed by atoms with Crippen molar-refractivity contribution in [2.24, 2.45) is 11.8 Å². The second-order valence-electron chi connectivity index (χ2n) is 26.1. The van der Waals surface area contributed by atoms with Gasteiger partial charge in [-0.25, -0.2) is 9.13 Å². The lowest BCUT2D eigenvalue weighted by molar-refractivity contribution is -0.161. The number of carbonyl (C=O) groups is 4. The molecule has 534 valence electrons. The predicted octanol–water partition coefficient (Wildman–Crippen LogP) is 20.4.